The first-order valence-electron chi connectivity index (χ1n) is 13.7. The number of aromatic nitrogens is 3. The molecule has 0 saturated carbocycles. The number of hydrogen-bond acceptors (Lipinski definition) is 7. The van der Waals surface area contributed by atoms with E-state index in [0.29, 0.717) is 16.9 Å². The summed E-state index contributed by atoms with van der Waals surface area (Å²) in [5, 5.41) is 11.5. The third-order valence-corrected chi connectivity index (χ3v) is 7.24. The van der Waals surface area contributed by atoms with Crippen LogP contribution in [0.1, 0.15) is 32.7 Å². The zero-order valence-corrected chi connectivity index (χ0v) is 24.8. The maximum absolute atomic E-state index is 14.4. The van der Waals surface area contributed by atoms with E-state index in [4.69, 9.17) is 9.84 Å². The highest BCUT2D eigenvalue weighted by molar-refractivity contribution is 5.98. The SMILES string of the molecule is Cc1cc(N2CCOCC2C(F)(F)F)cc(F)c1C(=O)NCC(=O)O.Cc1cnc(-c2c(F)cc(C)c3cccnc23)nc1C. The number of rotatable bonds is 5. The lowest BCUT2D eigenvalue weighted by atomic mass is 10.0. The van der Waals surface area contributed by atoms with Gasteiger partial charge in [-0.25, -0.2) is 18.7 Å². The van der Waals surface area contributed by atoms with Gasteiger partial charge in [0.25, 0.3) is 5.91 Å². The number of carbonyl (C=O) groups excluding carboxylic acids is 1. The highest BCUT2D eigenvalue weighted by Crippen LogP contribution is 2.33. The smallest absolute Gasteiger partial charge is 0.411 e. The number of morpholine rings is 1. The number of carboxylic acids is 1. The van der Waals surface area contributed by atoms with Crippen LogP contribution in [0.3, 0.4) is 0 Å². The Kier molecular flexibility index (Phi) is 9.96. The molecular formula is C31H30F5N5O4. The number of nitrogens with zero attached hydrogens (tertiary/aromatic N) is 4. The van der Waals surface area contributed by atoms with E-state index in [1.807, 2.05) is 38.2 Å². The molecule has 0 spiro atoms. The molecule has 14 heteroatoms. The van der Waals surface area contributed by atoms with Gasteiger partial charge in [-0.2, -0.15) is 13.2 Å². The predicted molar refractivity (Wildman–Crippen MR) is 156 cm³/mol. The number of aryl methyl sites for hydroxylation is 4. The van der Waals surface area contributed by atoms with Crippen molar-refractivity contribution in [1.82, 2.24) is 20.3 Å². The number of nitrogens with one attached hydrogen (secondary N) is 1. The van der Waals surface area contributed by atoms with Gasteiger partial charge in [0.15, 0.2) is 5.82 Å². The van der Waals surface area contributed by atoms with Gasteiger partial charge >= 0.3 is 12.1 Å². The maximum Gasteiger partial charge on any atom is 0.411 e. The molecule has 9 nitrogen and oxygen atoms in total. The summed E-state index contributed by atoms with van der Waals surface area (Å²) in [6.07, 6.45) is -1.18. The second kappa shape index (κ2) is 13.5. The van der Waals surface area contributed by atoms with Gasteiger partial charge in [-0.05, 0) is 68.7 Å². The third-order valence-electron chi connectivity index (χ3n) is 7.24. The molecule has 2 aromatic heterocycles. The molecule has 0 bridgehead atoms. The van der Waals surface area contributed by atoms with Gasteiger partial charge in [0.1, 0.15) is 24.2 Å². The zero-order valence-electron chi connectivity index (χ0n) is 24.8. The molecule has 1 saturated heterocycles. The van der Waals surface area contributed by atoms with Crippen LogP contribution in [-0.4, -0.2) is 70.5 Å². The Hall–Kier alpha value is -4.72. The lowest BCUT2D eigenvalue weighted by Gasteiger charge is -2.38. The standard InChI is InChI=1S/C16H14FN3.C15H16F4N2O4/c1-9-7-13(17)14(15-12(9)5-4-6-18-15)16-19-8-10(2)11(3)20-16;1-8-4-9(21-2-3-25-7-11(21)15(17,18)19)5-10(16)13(8)14(24)20-6-12(22)23/h4-8H,1-3H3;4-5,11H,2-3,6-7H2,1H3,(H,20,24)(H,22,23). The largest absolute Gasteiger partial charge is 0.480 e. The van der Waals surface area contributed by atoms with E-state index in [9.17, 15) is 31.5 Å². The van der Waals surface area contributed by atoms with Crippen LogP contribution in [0.5, 0.6) is 0 Å². The Morgan fingerprint density at radius 1 is 1.04 bits per heavy atom. The van der Waals surface area contributed by atoms with E-state index in [-0.39, 0.29) is 30.2 Å². The molecule has 1 aliphatic heterocycles. The number of fused-ring (bicyclic) bond motifs is 1. The van der Waals surface area contributed by atoms with Gasteiger partial charge < -0.3 is 20.1 Å². The molecule has 45 heavy (non-hydrogen) atoms. The fraction of sp³-hybridized carbons (Fsp3) is 0.323. The van der Waals surface area contributed by atoms with Crippen LogP contribution in [0, 0.1) is 39.3 Å². The third kappa shape index (κ3) is 7.51. The molecule has 238 valence electrons. The van der Waals surface area contributed by atoms with Crippen molar-refractivity contribution in [3.05, 3.63) is 82.3 Å². The van der Waals surface area contributed by atoms with Crippen molar-refractivity contribution in [1.29, 1.82) is 0 Å². The average Bonchev–Trinajstić information content (AvgIpc) is 2.97. The number of halogens is 5. The van der Waals surface area contributed by atoms with Gasteiger partial charge in [-0.15, -0.1) is 0 Å². The molecule has 2 aromatic carbocycles. The molecule has 1 unspecified atom stereocenters. The number of pyridine rings is 1. The quantitative estimate of drug-likeness (QED) is 0.279. The van der Waals surface area contributed by atoms with Gasteiger partial charge in [-0.3, -0.25) is 14.6 Å². The van der Waals surface area contributed by atoms with E-state index in [0.717, 1.165) is 33.2 Å². The molecule has 1 amide bonds. The lowest BCUT2D eigenvalue weighted by molar-refractivity contribution is -0.167. The molecule has 5 rings (SSSR count). The second-order valence-corrected chi connectivity index (χ2v) is 10.4. The first-order valence-corrected chi connectivity index (χ1v) is 13.7. The van der Waals surface area contributed by atoms with E-state index < -0.39 is 48.6 Å². The minimum Gasteiger partial charge on any atom is -0.480 e. The molecule has 0 aliphatic carbocycles. The summed E-state index contributed by atoms with van der Waals surface area (Å²) in [4.78, 5) is 36.3. The van der Waals surface area contributed by atoms with Crippen molar-refractivity contribution in [2.24, 2.45) is 0 Å². The molecule has 4 aromatic rings. The number of carbonyl (C=O) groups is 2. The van der Waals surface area contributed by atoms with Crippen LogP contribution in [0.15, 0.2) is 42.7 Å². The summed E-state index contributed by atoms with van der Waals surface area (Å²) in [5.41, 5.74) is 3.35. The Balaban J connectivity index is 0.000000209. The number of anilines is 1. The monoisotopic (exact) mass is 631 g/mol. The lowest BCUT2D eigenvalue weighted by Crippen LogP contribution is -2.53. The fourth-order valence-electron chi connectivity index (χ4n) is 4.84. The second-order valence-electron chi connectivity index (χ2n) is 10.4. The average molecular weight is 632 g/mol. The molecule has 2 N–H and O–H groups in total. The van der Waals surface area contributed by atoms with Crippen molar-refractivity contribution >= 4 is 28.5 Å². The Labute approximate surface area is 255 Å². The maximum atomic E-state index is 14.4. The number of alkyl halides is 3. The zero-order chi connectivity index (χ0) is 33.1. The molecule has 1 aliphatic rings. The topological polar surface area (TPSA) is 118 Å². The van der Waals surface area contributed by atoms with Crippen LogP contribution in [0.25, 0.3) is 22.3 Å². The molecule has 3 heterocycles. The Morgan fingerprint density at radius 2 is 1.78 bits per heavy atom. The van der Waals surface area contributed by atoms with E-state index in [1.165, 1.54) is 19.1 Å². The minimum absolute atomic E-state index is 0.0181. The fourth-order valence-corrected chi connectivity index (χ4v) is 4.84. The van der Waals surface area contributed by atoms with Crippen molar-refractivity contribution in [2.45, 2.75) is 39.9 Å². The molecule has 1 fully saturated rings. The molecule has 1 atom stereocenters. The van der Waals surface area contributed by atoms with E-state index in [1.54, 1.807) is 12.4 Å². The van der Waals surface area contributed by atoms with Gasteiger partial charge in [0, 0.05) is 35.7 Å². The van der Waals surface area contributed by atoms with Crippen LogP contribution < -0.4 is 10.2 Å². The number of ether oxygens (including phenoxy) is 1. The number of amides is 1. The van der Waals surface area contributed by atoms with E-state index >= 15 is 0 Å². The van der Waals surface area contributed by atoms with Crippen LogP contribution in [0.2, 0.25) is 0 Å². The first kappa shape index (κ1) is 33.2. The van der Waals surface area contributed by atoms with Gasteiger partial charge in [0.05, 0.1) is 29.9 Å². The Bertz CT molecular complexity index is 1730. The summed E-state index contributed by atoms with van der Waals surface area (Å²) in [6.45, 7) is 5.79. The van der Waals surface area contributed by atoms with Crippen LogP contribution in [-0.2, 0) is 9.53 Å². The normalized spacial score (nSPS) is 15.0. The highest BCUT2D eigenvalue weighted by Gasteiger charge is 2.45. The summed E-state index contributed by atoms with van der Waals surface area (Å²) in [5.74, 6) is -3.22. The van der Waals surface area contributed by atoms with Crippen molar-refractivity contribution in [3.63, 3.8) is 0 Å². The number of carboxylic acid groups (broad SMARTS) is 1. The van der Waals surface area contributed by atoms with E-state index in [2.05, 4.69) is 15.0 Å². The van der Waals surface area contributed by atoms with Gasteiger partial charge in [0.2, 0.25) is 0 Å². The summed E-state index contributed by atoms with van der Waals surface area (Å²) in [7, 11) is 0. The van der Waals surface area contributed by atoms with Crippen LogP contribution >= 0.6 is 0 Å². The van der Waals surface area contributed by atoms with Crippen molar-refractivity contribution in [2.75, 3.05) is 31.2 Å². The minimum atomic E-state index is -4.55. The summed E-state index contributed by atoms with van der Waals surface area (Å²) < 4.78 is 72.9. The first-order chi connectivity index (χ1) is 21.2. The number of benzene rings is 2. The summed E-state index contributed by atoms with van der Waals surface area (Å²) >= 11 is 0. The van der Waals surface area contributed by atoms with Crippen molar-refractivity contribution in [3.8, 4) is 11.4 Å². The predicted octanol–water partition coefficient (Wildman–Crippen LogP) is 5.47. The highest BCUT2D eigenvalue weighted by atomic mass is 19.4. The summed E-state index contributed by atoms with van der Waals surface area (Å²) in [6, 6.07) is 5.49. The molecular weight excluding hydrogens is 601 g/mol. The molecule has 0 radical (unpaired) electrons. The number of aliphatic carboxylic acids is 1. The Morgan fingerprint density at radius 3 is 2.42 bits per heavy atom. The van der Waals surface area contributed by atoms with Crippen molar-refractivity contribution < 1.29 is 41.4 Å². The van der Waals surface area contributed by atoms with Gasteiger partial charge in [-0.1, -0.05) is 6.07 Å². The number of hydrogen-bond donors (Lipinski definition) is 2. The van der Waals surface area contributed by atoms with Crippen LogP contribution in [0.4, 0.5) is 27.6 Å².